The van der Waals surface area contributed by atoms with Gasteiger partial charge >= 0.3 is 0 Å². The lowest BCUT2D eigenvalue weighted by Gasteiger charge is -2.53. The number of ether oxygens (including phenoxy) is 2. The minimum absolute atomic E-state index is 0.0148. The summed E-state index contributed by atoms with van der Waals surface area (Å²) in [6.45, 7) is 1.28. The van der Waals surface area contributed by atoms with Crippen LogP contribution < -0.4 is 5.73 Å². The predicted octanol–water partition coefficient (Wildman–Crippen LogP) is -4.09. The summed E-state index contributed by atoms with van der Waals surface area (Å²) >= 11 is 0. The molecule has 0 aromatic rings. The zero-order chi connectivity index (χ0) is 21.2. The Morgan fingerprint density at radius 2 is 1.43 bits per heavy atom. The smallest absolute Gasteiger partial charge is 0.176 e. The monoisotopic (exact) mass is 411 g/mol. The zero-order valence-electron chi connectivity index (χ0n) is 15.8. The zero-order valence-corrected chi connectivity index (χ0v) is 15.8. The molecular weight excluding hydrogens is 378 g/mol. The summed E-state index contributed by atoms with van der Waals surface area (Å²) in [5.74, 6) is 0. The van der Waals surface area contributed by atoms with E-state index in [1.807, 2.05) is 6.92 Å². The average Bonchev–Trinajstić information content (AvgIpc) is 2.69. The van der Waals surface area contributed by atoms with Crippen LogP contribution in [0.4, 0.5) is 0 Å². The average molecular weight is 411 g/mol. The van der Waals surface area contributed by atoms with Crippen LogP contribution in [0.1, 0.15) is 32.6 Å². The number of aliphatic hydroxyl groups excluding tert-OH is 8. The summed E-state index contributed by atoms with van der Waals surface area (Å²) in [6, 6.07) is -1.30. The molecule has 0 amide bonds. The van der Waals surface area contributed by atoms with Crippen molar-refractivity contribution in [2.45, 2.75) is 99.4 Å². The Morgan fingerprint density at radius 3 is 1.93 bits per heavy atom. The van der Waals surface area contributed by atoms with Gasteiger partial charge in [-0.25, -0.2) is 0 Å². The van der Waals surface area contributed by atoms with Gasteiger partial charge in [0.25, 0.3) is 0 Å². The second kappa shape index (κ2) is 9.58. The summed E-state index contributed by atoms with van der Waals surface area (Å²) in [5, 5.41) is 80.8. The molecule has 0 aromatic carbocycles. The maximum absolute atomic E-state index is 10.6. The van der Waals surface area contributed by atoms with E-state index >= 15 is 0 Å². The quantitative estimate of drug-likeness (QED) is 0.184. The molecule has 1 aliphatic heterocycles. The SMILES string of the molecule is CCCCCC1(OC2O[C@H](CO)[C@@H](O)[C@H](O)[C@H]2N)C(O)C(O)C(O)C(O)C1O. The van der Waals surface area contributed by atoms with Crippen LogP contribution in [-0.2, 0) is 9.47 Å². The number of aliphatic hydroxyl groups is 8. The Balaban J connectivity index is 2.34. The van der Waals surface area contributed by atoms with Crippen LogP contribution in [0, 0.1) is 0 Å². The van der Waals surface area contributed by atoms with Gasteiger partial charge in [0, 0.05) is 0 Å². The molecule has 0 spiro atoms. The van der Waals surface area contributed by atoms with Crippen LogP contribution in [0.5, 0.6) is 0 Å². The molecule has 166 valence electrons. The van der Waals surface area contributed by atoms with Crippen molar-refractivity contribution in [3.63, 3.8) is 0 Å². The van der Waals surface area contributed by atoms with Gasteiger partial charge in [-0.05, 0) is 6.42 Å². The van der Waals surface area contributed by atoms with Crippen LogP contribution >= 0.6 is 0 Å². The van der Waals surface area contributed by atoms with Crippen molar-refractivity contribution in [3.05, 3.63) is 0 Å². The van der Waals surface area contributed by atoms with Gasteiger partial charge in [0.15, 0.2) is 6.29 Å². The first-order chi connectivity index (χ1) is 13.1. The van der Waals surface area contributed by atoms with Gasteiger partial charge in [-0.3, -0.25) is 0 Å². The highest BCUT2D eigenvalue weighted by Gasteiger charge is 2.61. The minimum Gasteiger partial charge on any atom is -0.394 e. The first-order valence-electron chi connectivity index (χ1n) is 9.58. The van der Waals surface area contributed by atoms with Gasteiger partial charge in [-0.15, -0.1) is 0 Å². The van der Waals surface area contributed by atoms with Crippen LogP contribution in [0.25, 0.3) is 0 Å². The van der Waals surface area contributed by atoms with Crippen molar-refractivity contribution in [1.82, 2.24) is 0 Å². The number of rotatable bonds is 7. The van der Waals surface area contributed by atoms with Gasteiger partial charge in [0.2, 0.25) is 0 Å². The number of unbranched alkanes of at least 4 members (excludes halogenated alkanes) is 2. The molecule has 1 saturated heterocycles. The van der Waals surface area contributed by atoms with Gasteiger partial charge in [-0.1, -0.05) is 26.2 Å². The first kappa shape index (κ1) is 23.8. The van der Waals surface area contributed by atoms with Gasteiger partial charge in [0.1, 0.15) is 54.4 Å². The third-order valence-electron chi connectivity index (χ3n) is 5.78. The second-order valence-electron chi connectivity index (χ2n) is 7.68. The van der Waals surface area contributed by atoms with E-state index in [1.54, 1.807) is 0 Å². The lowest BCUT2D eigenvalue weighted by Crippen LogP contribution is -2.74. The molecule has 5 unspecified atom stereocenters. The molecule has 11 nitrogen and oxygen atoms in total. The van der Waals surface area contributed by atoms with Gasteiger partial charge < -0.3 is 56.1 Å². The molecule has 10 N–H and O–H groups in total. The van der Waals surface area contributed by atoms with Crippen molar-refractivity contribution in [3.8, 4) is 0 Å². The molecule has 1 heterocycles. The minimum atomic E-state index is -1.96. The molecule has 2 fully saturated rings. The van der Waals surface area contributed by atoms with E-state index in [4.69, 9.17) is 15.2 Å². The fourth-order valence-corrected chi connectivity index (χ4v) is 3.90. The van der Waals surface area contributed by atoms with Gasteiger partial charge in [-0.2, -0.15) is 0 Å². The Hall–Kier alpha value is -0.440. The van der Waals surface area contributed by atoms with E-state index in [0.29, 0.717) is 12.8 Å². The fraction of sp³-hybridized carbons (Fsp3) is 1.00. The molecule has 2 rings (SSSR count). The second-order valence-corrected chi connectivity index (χ2v) is 7.68. The Bertz CT molecular complexity index is 479. The predicted molar refractivity (Wildman–Crippen MR) is 93.7 cm³/mol. The van der Waals surface area contributed by atoms with Crippen molar-refractivity contribution in [1.29, 1.82) is 0 Å². The molecule has 9 atom stereocenters. The summed E-state index contributed by atoms with van der Waals surface area (Å²) < 4.78 is 11.2. The van der Waals surface area contributed by atoms with Crippen molar-refractivity contribution < 1.29 is 50.3 Å². The summed E-state index contributed by atoms with van der Waals surface area (Å²) in [6.07, 6.45) is -12.8. The molecule has 0 bridgehead atoms. The molecule has 0 aromatic heterocycles. The highest BCUT2D eigenvalue weighted by Crippen LogP contribution is 2.40. The molecule has 28 heavy (non-hydrogen) atoms. The summed E-state index contributed by atoms with van der Waals surface area (Å²) in [4.78, 5) is 0. The van der Waals surface area contributed by atoms with Crippen LogP contribution in [-0.4, -0.2) is 114 Å². The third-order valence-corrected chi connectivity index (χ3v) is 5.78. The molecule has 1 aliphatic carbocycles. The van der Waals surface area contributed by atoms with Crippen molar-refractivity contribution >= 4 is 0 Å². The largest absolute Gasteiger partial charge is 0.394 e. The van der Waals surface area contributed by atoms with E-state index in [0.717, 1.165) is 6.42 Å². The lowest BCUT2D eigenvalue weighted by atomic mass is 9.72. The van der Waals surface area contributed by atoms with Crippen LogP contribution in [0.3, 0.4) is 0 Å². The Morgan fingerprint density at radius 1 is 0.857 bits per heavy atom. The number of nitrogens with two attached hydrogens (primary N) is 1. The van der Waals surface area contributed by atoms with Crippen LogP contribution in [0.2, 0.25) is 0 Å². The lowest BCUT2D eigenvalue weighted by molar-refractivity contribution is -0.354. The van der Waals surface area contributed by atoms with Crippen LogP contribution in [0.15, 0.2) is 0 Å². The third kappa shape index (κ3) is 4.20. The number of hydrogen-bond donors (Lipinski definition) is 9. The molecule has 11 heteroatoms. The maximum atomic E-state index is 10.6. The molecule has 2 aliphatic rings. The highest BCUT2D eigenvalue weighted by molar-refractivity contribution is 5.10. The van der Waals surface area contributed by atoms with E-state index in [9.17, 15) is 40.9 Å². The standard InChI is InChI=1S/C17H33NO10/c1-2-3-4-5-17(14(25)12(23)11(22)13(24)15(17)26)28-16-8(18)10(21)9(20)7(6-19)27-16/h7-16,19-26H,2-6,18H2,1H3/t7-,8-,9-,10-,11?,12?,13?,14?,15?,16?,17?/m1/s1. The van der Waals surface area contributed by atoms with E-state index in [2.05, 4.69) is 0 Å². The van der Waals surface area contributed by atoms with E-state index in [-0.39, 0.29) is 6.42 Å². The number of hydrogen-bond acceptors (Lipinski definition) is 11. The fourth-order valence-electron chi connectivity index (χ4n) is 3.90. The topological polar surface area (TPSA) is 206 Å². The summed E-state index contributed by atoms with van der Waals surface area (Å²) in [5.41, 5.74) is 3.91. The summed E-state index contributed by atoms with van der Waals surface area (Å²) in [7, 11) is 0. The maximum Gasteiger partial charge on any atom is 0.176 e. The molecule has 1 saturated carbocycles. The molecular formula is C17H33NO10. The normalized spacial score (nSPS) is 49.9. The van der Waals surface area contributed by atoms with Crippen molar-refractivity contribution in [2.75, 3.05) is 6.61 Å². The highest BCUT2D eigenvalue weighted by atomic mass is 16.7. The van der Waals surface area contributed by atoms with E-state index < -0.39 is 73.4 Å². The molecule has 0 radical (unpaired) electrons. The van der Waals surface area contributed by atoms with Crippen molar-refractivity contribution in [2.24, 2.45) is 5.73 Å². The van der Waals surface area contributed by atoms with E-state index in [1.165, 1.54) is 0 Å². The first-order valence-corrected chi connectivity index (χ1v) is 9.58. The Labute approximate surface area is 162 Å². The van der Waals surface area contributed by atoms with Gasteiger partial charge in [0.05, 0.1) is 12.6 Å². The Kier molecular flexibility index (Phi) is 8.15.